The molecule has 2 atom stereocenters. The molecule has 1 saturated heterocycles. The summed E-state index contributed by atoms with van der Waals surface area (Å²) in [4.78, 5) is 11.9. The van der Waals surface area contributed by atoms with Gasteiger partial charge in [0.15, 0.2) is 9.84 Å². The van der Waals surface area contributed by atoms with Gasteiger partial charge in [0.25, 0.3) is 0 Å². The van der Waals surface area contributed by atoms with Gasteiger partial charge in [0.05, 0.1) is 11.5 Å². The lowest BCUT2D eigenvalue weighted by Gasteiger charge is -2.14. The Kier molecular flexibility index (Phi) is 4.21. The fraction of sp³-hybridized carbons (Fsp3) is 0.462. The molecule has 1 amide bonds. The van der Waals surface area contributed by atoms with Crippen LogP contribution in [0, 0.1) is 5.92 Å². The lowest BCUT2D eigenvalue weighted by molar-refractivity contribution is -0.122. The van der Waals surface area contributed by atoms with Gasteiger partial charge in [-0.3, -0.25) is 4.79 Å². The van der Waals surface area contributed by atoms with Gasteiger partial charge in [0, 0.05) is 6.54 Å². The Hall–Kier alpha value is -1.40. The van der Waals surface area contributed by atoms with Crippen molar-refractivity contribution in [2.75, 3.05) is 18.1 Å². The molecule has 0 aliphatic carbocycles. The van der Waals surface area contributed by atoms with Crippen LogP contribution in [-0.2, 0) is 14.6 Å². The molecule has 1 aromatic rings. The van der Waals surface area contributed by atoms with Gasteiger partial charge in [-0.25, -0.2) is 8.42 Å². The van der Waals surface area contributed by atoms with E-state index in [9.17, 15) is 13.2 Å². The second kappa shape index (κ2) is 5.71. The highest BCUT2D eigenvalue weighted by atomic mass is 32.2. The number of nitrogens with two attached hydrogens (primary N) is 1. The van der Waals surface area contributed by atoms with Crippen molar-refractivity contribution < 1.29 is 13.2 Å². The summed E-state index contributed by atoms with van der Waals surface area (Å²) in [5, 5.41) is 2.73. The number of carbonyl (C=O) groups is 1. The first kappa shape index (κ1) is 14.0. The molecule has 6 heteroatoms. The van der Waals surface area contributed by atoms with Crippen LogP contribution in [0.5, 0.6) is 0 Å². The van der Waals surface area contributed by atoms with Crippen LogP contribution in [0.1, 0.15) is 18.0 Å². The van der Waals surface area contributed by atoms with E-state index in [0.717, 1.165) is 5.56 Å². The Labute approximate surface area is 113 Å². The number of carbonyl (C=O) groups excluding carboxylic acids is 1. The Bertz CT molecular complexity index is 542. The van der Waals surface area contributed by atoms with Crippen LogP contribution in [0.2, 0.25) is 0 Å². The van der Waals surface area contributed by atoms with E-state index in [2.05, 4.69) is 5.32 Å². The van der Waals surface area contributed by atoms with Crippen LogP contribution in [0.15, 0.2) is 30.3 Å². The molecule has 0 saturated carbocycles. The second-order valence-electron chi connectivity index (χ2n) is 4.90. The van der Waals surface area contributed by atoms with E-state index in [4.69, 9.17) is 5.73 Å². The van der Waals surface area contributed by atoms with Crippen LogP contribution in [0.25, 0.3) is 0 Å². The maximum absolute atomic E-state index is 11.9. The second-order valence-corrected chi connectivity index (χ2v) is 7.13. The molecule has 19 heavy (non-hydrogen) atoms. The molecule has 1 aliphatic rings. The first-order chi connectivity index (χ1) is 8.98. The first-order valence-corrected chi connectivity index (χ1v) is 8.09. The number of amides is 1. The Morgan fingerprint density at radius 1 is 1.37 bits per heavy atom. The van der Waals surface area contributed by atoms with Gasteiger partial charge in [0.1, 0.15) is 6.04 Å². The predicted molar refractivity (Wildman–Crippen MR) is 73.1 cm³/mol. The third-order valence-electron chi connectivity index (χ3n) is 3.33. The molecule has 1 fully saturated rings. The Balaban J connectivity index is 1.85. The normalized spacial score (nSPS) is 22.9. The average molecular weight is 282 g/mol. The van der Waals surface area contributed by atoms with E-state index in [1.165, 1.54) is 0 Å². The van der Waals surface area contributed by atoms with Gasteiger partial charge in [0.2, 0.25) is 5.91 Å². The number of sulfone groups is 1. The molecular weight excluding hydrogens is 264 g/mol. The third-order valence-corrected chi connectivity index (χ3v) is 5.17. The topological polar surface area (TPSA) is 89.3 Å². The summed E-state index contributed by atoms with van der Waals surface area (Å²) in [5.74, 6) is 0.124. The number of rotatable bonds is 4. The molecule has 0 spiro atoms. The van der Waals surface area contributed by atoms with Crippen LogP contribution in [0.4, 0.5) is 0 Å². The SMILES string of the molecule is N[C@H](C(=O)NCC1CCS(=O)(=O)C1)c1ccccc1. The minimum Gasteiger partial charge on any atom is -0.354 e. The maximum Gasteiger partial charge on any atom is 0.241 e. The summed E-state index contributed by atoms with van der Waals surface area (Å²) in [6.45, 7) is 0.374. The van der Waals surface area contributed by atoms with Gasteiger partial charge >= 0.3 is 0 Å². The standard InChI is InChI=1S/C13H18N2O3S/c14-12(11-4-2-1-3-5-11)13(16)15-8-10-6-7-19(17,18)9-10/h1-5,10,12H,6-9,14H2,(H,15,16)/t10?,12-/m0/s1. The zero-order valence-corrected chi connectivity index (χ0v) is 11.4. The molecule has 2 rings (SSSR count). The highest BCUT2D eigenvalue weighted by Gasteiger charge is 2.28. The summed E-state index contributed by atoms with van der Waals surface area (Å²) < 4.78 is 22.6. The van der Waals surface area contributed by atoms with Gasteiger partial charge in [-0.2, -0.15) is 0 Å². The first-order valence-electron chi connectivity index (χ1n) is 6.26. The molecule has 0 bridgehead atoms. The number of benzene rings is 1. The number of nitrogens with one attached hydrogen (secondary N) is 1. The number of hydrogen-bond donors (Lipinski definition) is 2. The summed E-state index contributed by atoms with van der Waals surface area (Å²) in [6, 6.07) is 8.39. The van der Waals surface area contributed by atoms with E-state index >= 15 is 0 Å². The quantitative estimate of drug-likeness (QED) is 0.827. The van der Waals surface area contributed by atoms with E-state index < -0.39 is 15.9 Å². The fourth-order valence-electron chi connectivity index (χ4n) is 2.20. The van der Waals surface area contributed by atoms with Gasteiger partial charge in [-0.1, -0.05) is 30.3 Å². The molecule has 1 heterocycles. The van der Waals surface area contributed by atoms with Crippen molar-refractivity contribution in [3.63, 3.8) is 0 Å². The highest BCUT2D eigenvalue weighted by molar-refractivity contribution is 7.91. The monoisotopic (exact) mass is 282 g/mol. The average Bonchev–Trinajstić information content (AvgIpc) is 2.76. The fourth-order valence-corrected chi connectivity index (χ4v) is 4.06. The lowest BCUT2D eigenvalue weighted by atomic mass is 10.1. The van der Waals surface area contributed by atoms with E-state index in [1.807, 2.05) is 18.2 Å². The van der Waals surface area contributed by atoms with Crippen LogP contribution in [-0.4, -0.2) is 32.4 Å². The largest absolute Gasteiger partial charge is 0.354 e. The van der Waals surface area contributed by atoms with Gasteiger partial charge in [-0.15, -0.1) is 0 Å². The van der Waals surface area contributed by atoms with Crippen LogP contribution < -0.4 is 11.1 Å². The number of hydrogen-bond acceptors (Lipinski definition) is 4. The van der Waals surface area contributed by atoms with Crippen molar-refractivity contribution in [3.05, 3.63) is 35.9 Å². The van der Waals surface area contributed by atoms with Crippen LogP contribution in [0.3, 0.4) is 0 Å². The maximum atomic E-state index is 11.9. The molecule has 0 radical (unpaired) electrons. The minimum absolute atomic E-state index is 0.0110. The van der Waals surface area contributed by atoms with Crippen LogP contribution >= 0.6 is 0 Å². The Morgan fingerprint density at radius 2 is 2.05 bits per heavy atom. The highest BCUT2D eigenvalue weighted by Crippen LogP contribution is 2.17. The molecule has 1 unspecified atom stereocenters. The summed E-state index contributed by atoms with van der Waals surface area (Å²) >= 11 is 0. The summed E-state index contributed by atoms with van der Waals surface area (Å²) in [5.41, 5.74) is 6.60. The third kappa shape index (κ3) is 3.78. The molecule has 0 aromatic heterocycles. The smallest absolute Gasteiger partial charge is 0.241 e. The van der Waals surface area contributed by atoms with Crippen molar-refractivity contribution in [3.8, 4) is 0 Å². The molecule has 3 N–H and O–H groups in total. The van der Waals surface area contributed by atoms with E-state index in [-0.39, 0.29) is 23.3 Å². The molecule has 1 aromatic carbocycles. The summed E-state index contributed by atoms with van der Waals surface area (Å²) in [6.07, 6.45) is 0.614. The van der Waals surface area contributed by atoms with Crippen molar-refractivity contribution >= 4 is 15.7 Å². The zero-order chi connectivity index (χ0) is 13.9. The van der Waals surface area contributed by atoms with Crippen molar-refractivity contribution in [2.24, 2.45) is 11.7 Å². The molecule has 104 valence electrons. The van der Waals surface area contributed by atoms with E-state index in [0.29, 0.717) is 13.0 Å². The van der Waals surface area contributed by atoms with Gasteiger partial charge < -0.3 is 11.1 Å². The lowest BCUT2D eigenvalue weighted by Crippen LogP contribution is -2.37. The van der Waals surface area contributed by atoms with Crippen molar-refractivity contribution in [1.82, 2.24) is 5.32 Å². The predicted octanol–water partition coefficient (Wildman–Crippen LogP) is 0.237. The van der Waals surface area contributed by atoms with E-state index in [1.54, 1.807) is 12.1 Å². The molecular formula is C13H18N2O3S. The minimum atomic E-state index is -2.90. The zero-order valence-electron chi connectivity index (χ0n) is 10.6. The van der Waals surface area contributed by atoms with Gasteiger partial charge in [-0.05, 0) is 17.9 Å². The molecule has 5 nitrogen and oxygen atoms in total. The summed E-state index contributed by atoms with van der Waals surface area (Å²) in [7, 11) is -2.90. The van der Waals surface area contributed by atoms with Crippen molar-refractivity contribution in [1.29, 1.82) is 0 Å². The molecule has 1 aliphatic heterocycles. The van der Waals surface area contributed by atoms with Crippen molar-refractivity contribution in [2.45, 2.75) is 12.5 Å². The Morgan fingerprint density at radius 3 is 2.63 bits per heavy atom.